The molecular weight excluding hydrogens is 154 g/mol. The average molecular weight is 169 g/mol. The molecule has 0 aromatic carbocycles. The smallest absolute Gasteiger partial charge is 0.152 e. The average Bonchev–Trinajstić information content (AvgIpc) is 2.01. The molecule has 3 heteroatoms. The summed E-state index contributed by atoms with van der Waals surface area (Å²) in [7, 11) is 2.05. The number of morpholine rings is 1. The van der Waals surface area contributed by atoms with Crippen LogP contribution in [0.5, 0.6) is 0 Å². The van der Waals surface area contributed by atoms with Crippen LogP contribution in [-0.4, -0.2) is 43.5 Å². The first-order chi connectivity index (χ1) is 5.68. The molecule has 1 aliphatic rings. The molecule has 1 unspecified atom stereocenters. The zero-order valence-corrected chi connectivity index (χ0v) is 7.62. The third kappa shape index (κ3) is 3.15. The van der Waals surface area contributed by atoms with E-state index in [9.17, 15) is 4.79 Å². The Morgan fingerprint density at radius 1 is 1.67 bits per heavy atom. The number of allylic oxidation sites excluding steroid dienone is 1. The first-order valence-corrected chi connectivity index (χ1v) is 4.17. The first-order valence-electron chi connectivity index (χ1n) is 4.17. The Hall–Kier alpha value is -0.670. The van der Waals surface area contributed by atoms with E-state index in [1.165, 1.54) is 0 Å². The number of rotatable bonds is 2. The fourth-order valence-electron chi connectivity index (χ4n) is 1.17. The summed E-state index contributed by atoms with van der Waals surface area (Å²) in [6, 6.07) is 0. The molecule has 0 aliphatic carbocycles. The van der Waals surface area contributed by atoms with E-state index in [4.69, 9.17) is 4.74 Å². The zero-order valence-electron chi connectivity index (χ0n) is 7.62. The highest BCUT2D eigenvalue weighted by molar-refractivity contribution is 5.87. The number of carbonyl (C=O) groups excluding carboxylic acids is 1. The van der Waals surface area contributed by atoms with Crippen molar-refractivity contribution in [2.24, 2.45) is 0 Å². The van der Waals surface area contributed by atoms with Gasteiger partial charge in [-0.1, -0.05) is 6.08 Å². The zero-order chi connectivity index (χ0) is 8.97. The second-order valence-corrected chi connectivity index (χ2v) is 3.14. The second-order valence-electron chi connectivity index (χ2n) is 3.14. The summed E-state index contributed by atoms with van der Waals surface area (Å²) < 4.78 is 5.42. The molecule has 0 radical (unpaired) electrons. The van der Waals surface area contributed by atoms with Crippen LogP contribution in [0.4, 0.5) is 0 Å². The van der Waals surface area contributed by atoms with Crippen molar-refractivity contribution in [1.82, 2.24) is 4.90 Å². The molecule has 12 heavy (non-hydrogen) atoms. The molecule has 68 valence electrons. The number of hydrogen-bond donors (Lipinski definition) is 0. The maximum Gasteiger partial charge on any atom is 0.152 e. The number of ketones is 1. The van der Waals surface area contributed by atoms with Gasteiger partial charge < -0.3 is 9.64 Å². The van der Waals surface area contributed by atoms with Crippen LogP contribution in [-0.2, 0) is 9.53 Å². The van der Waals surface area contributed by atoms with Gasteiger partial charge in [-0.15, -0.1) is 0 Å². The molecule has 1 aliphatic heterocycles. The molecule has 1 atom stereocenters. The van der Waals surface area contributed by atoms with E-state index in [0.29, 0.717) is 0 Å². The van der Waals surface area contributed by atoms with E-state index in [0.717, 1.165) is 19.7 Å². The van der Waals surface area contributed by atoms with Crippen LogP contribution in [0.3, 0.4) is 0 Å². The van der Waals surface area contributed by atoms with Gasteiger partial charge in [0.15, 0.2) is 5.78 Å². The fourth-order valence-corrected chi connectivity index (χ4v) is 1.17. The Labute approximate surface area is 73.0 Å². The van der Waals surface area contributed by atoms with Gasteiger partial charge in [0.1, 0.15) is 0 Å². The van der Waals surface area contributed by atoms with E-state index in [1.807, 2.05) is 6.08 Å². The van der Waals surface area contributed by atoms with E-state index in [-0.39, 0.29) is 11.9 Å². The van der Waals surface area contributed by atoms with Crippen LogP contribution in [0.25, 0.3) is 0 Å². The molecule has 0 aromatic rings. The lowest BCUT2D eigenvalue weighted by atomic mass is 10.2. The van der Waals surface area contributed by atoms with Crippen molar-refractivity contribution in [3.63, 3.8) is 0 Å². The Balaban J connectivity index is 2.36. The minimum atomic E-state index is 0.0758. The highest BCUT2D eigenvalue weighted by Gasteiger charge is 2.14. The Morgan fingerprint density at radius 2 is 2.42 bits per heavy atom. The van der Waals surface area contributed by atoms with Crippen molar-refractivity contribution in [3.8, 4) is 0 Å². The molecule has 0 spiro atoms. The fraction of sp³-hybridized carbons (Fsp3) is 0.667. The van der Waals surface area contributed by atoms with E-state index in [2.05, 4.69) is 11.9 Å². The molecule has 0 N–H and O–H groups in total. The quantitative estimate of drug-likeness (QED) is 0.562. The van der Waals surface area contributed by atoms with Gasteiger partial charge in [-0.05, 0) is 20.0 Å². The lowest BCUT2D eigenvalue weighted by molar-refractivity contribution is -0.112. The van der Waals surface area contributed by atoms with Gasteiger partial charge in [0.2, 0.25) is 0 Å². The van der Waals surface area contributed by atoms with Crippen molar-refractivity contribution in [2.45, 2.75) is 13.0 Å². The van der Waals surface area contributed by atoms with Crippen LogP contribution in [0, 0.1) is 0 Å². The summed E-state index contributed by atoms with van der Waals surface area (Å²) in [5.74, 6) is 0.0758. The number of hydrogen-bond acceptors (Lipinski definition) is 3. The van der Waals surface area contributed by atoms with Gasteiger partial charge in [-0.3, -0.25) is 4.79 Å². The van der Waals surface area contributed by atoms with Gasteiger partial charge in [0, 0.05) is 13.1 Å². The second kappa shape index (κ2) is 4.38. The number of carbonyl (C=O) groups is 1. The van der Waals surface area contributed by atoms with Crippen LogP contribution >= 0.6 is 0 Å². The van der Waals surface area contributed by atoms with Gasteiger partial charge in [-0.2, -0.15) is 0 Å². The van der Waals surface area contributed by atoms with Crippen LogP contribution in [0.2, 0.25) is 0 Å². The number of likely N-dealkylation sites (N-methyl/N-ethyl adjacent to an activating group) is 1. The molecule has 3 nitrogen and oxygen atoms in total. The number of nitrogens with zero attached hydrogens (tertiary/aromatic N) is 1. The Bertz CT molecular complexity index is 189. The lowest BCUT2D eigenvalue weighted by Crippen LogP contribution is -2.38. The minimum absolute atomic E-state index is 0.0758. The molecule has 0 aromatic heterocycles. The predicted molar refractivity (Wildman–Crippen MR) is 47.1 cm³/mol. The Kier molecular flexibility index (Phi) is 3.44. The van der Waals surface area contributed by atoms with Crippen molar-refractivity contribution in [2.75, 3.05) is 26.7 Å². The van der Waals surface area contributed by atoms with Gasteiger partial charge in [-0.25, -0.2) is 0 Å². The monoisotopic (exact) mass is 169 g/mol. The Morgan fingerprint density at radius 3 is 3.00 bits per heavy atom. The largest absolute Gasteiger partial charge is 0.371 e. The van der Waals surface area contributed by atoms with Crippen LogP contribution in [0.1, 0.15) is 6.92 Å². The van der Waals surface area contributed by atoms with E-state index in [1.54, 1.807) is 13.0 Å². The summed E-state index contributed by atoms with van der Waals surface area (Å²) in [6.07, 6.45) is 3.49. The van der Waals surface area contributed by atoms with Crippen molar-refractivity contribution >= 4 is 5.78 Å². The summed E-state index contributed by atoms with van der Waals surface area (Å²) >= 11 is 0. The van der Waals surface area contributed by atoms with Crippen molar-refractivity contribution in [3.05, 3.63) is 12.2 Å². The van der Waals surface area contributed by atoms with Crippen LogP contribution in [0.15, 0.2) is 12.2 Å². The van der Waals surface area contributed by atoms with Gasteiger partial charge >= 0.3 is 0 Å². The highest BCUT2D eigenvalue weighted by atomic mass is 16.5. The SMILES string of the molecule is CC(=O)/C=C/C1CN(C)CCO1. The van der Waals surface area contributed by atoms with Crippen LogP contribution < -0.4 is 0 Å². The maximum atomic E-state index is 10.6. The predicted octanol–water partition coefficient (Wildman–Crippen LogP) is 0.462. The van der Waals surface area contributed by atoms with Gasteiger partial charge in [0.05, 0.1) is 12.7 Å². The minimum Gasteiger partial charge on any atom is -0.371 e. The molecule has 0 amide bonds. The lowest BCUT2D eigenvalue weighted by Gasteiger charge is -2.27. The molecule has 1 rings (SSSR count). The third-order valence-electron chi connectivity index (χ3n) is 1.84. The standard InChI is InChI=1S/C9H15NO2/c1-8(11)3-4-9-7-10(2)5-6-12-9/h3-4,9H,5-7H2,1-2H3/b4-3+. The number of ether oxygens (including phenoxy) is 1. The normalized spacial score (nSPS) is 26.3. The molecule has 0 bridgehead atoms. The third-order valence-corrected chi connectivity index (χ3v) is 1.84. The van der Waals surface area contributed by atoms with E-state index >= 15 is 0 Å². The summed E-state index contributed by atoms with van der Waals surface area (Å²) in [4.78, 5) is 12.8. The summed E-state index contributed by atoms with van der Waals surface area (Å²) in [6.45, 7) is 4.15. The summed E-state index contributed by atoms with van der Waals surface area (Å²) in [5.41, 5.74) is 0. The first kappa shape index (κ1) is 9.42. The molecule has 1 fully saturated rings. The van der Waals surface area contributed by atoms with E-state index < -0.39 is 0 Å². The molecule has 0 saturated carbocycles. The van der Waals surface area contributed by atoms with Crippen molar-refractivity contribution < 1.29 is 9.53 Å². The molecule has 1 saturated heterocycles. The maximum absolute atomic E-state index is 10.6. The van der Waals surface area contributed by atoms with Gasteiger partial charge in [0.25, 0.3) is 0 Å². The summed E-state index contributed by atoms with van der Waals surface area (Å²) in [5, 5.41) is 0. The molecular formula is C9H15NO2. The van der Waals surface area contributed by atoms with Crippen molar-refractivity contribution in [1.29, 1.82) is 0 Å². The highest BCUT2D eigenvalue weighted by Crippen LogP contribution is 2.03. The molecule has 1 heterocycles. The topological polar surface area (TPSA) is 29.5 Å².